The molecule has 0 amide bonds. The molecule has 21 heavy (non-hydrogen) atoms. The number of hydrogen-bond donors (Lipinski definition) is 2. The highest BCUT2D eigenvalue weighted by Gasteiger charge is 2.18. The average Bonchev–Trinajstić information content (AvgIpc) is 2.97. The predicted octanol–water partition coefficient (Wildman–Crippen LogP) is 2.20. The van der Waals surface area contributed by atoms with E-state index in [0.29, 0.717) is 16.4 Å². The molecule has 2 aromatic heterocycles. The molecule has 8 heteroatoms. The largest absolute Gasteiger partial charge is 0.476 e. The number of ether oxygens (including phenoxy) is 1. The third kappa shape index (κ3) is 3.34. The van der Waals surface area contributed by atoms with Gasteiger partial charge in [0.15, 0.2) is 5.69 Å². The number of aromatic nitrogens is 2. The lowest BCUT2D eigenvalue weighted by atomic mass is 10.2. The first-order chi connectivity index (χ1) is 10.0. The van der Waals surface area contributed by atoms with Crippen LogP contribution in [0.1, 0.15) is 38.8 Å². The average molecular weight is 307 g/mol. The van der Waals surface area contributed by atoms with Crippen molar-refractivity contribution in [3.05, 3.63) is 40.0 Å². The van der Waals surface area contributed by atoms with Crippen molar-refractivity contribution < 1.29 is 19.4 Å². The highest BCUT2D eigenvalue weighted by Crippen LogP contribution is 2.23. The van der Waals surface area contributed by atoms with Gasteiger partial charge in [-0.05, 0) is 19.1 Å². The fourth-order valence-electron chi connectivity index (χ4n) is 1.65. The van der Waals surface area contributed by atoms with Crippen LogP contribution in [0, 0.1) is 0 Å². The quantitative estimate of drug-likeness (QED) is 0.816. The van der Waals surface area contributed by atoms with Gasteiger partial charge in [0, 0.05) is 11.6 Å². The third-order valence-corrected chi connectivity index (χ3v) is 3.71. The van der Waals surface area contributed by atoms with Gasteiger partial charge >= 0.3 is 11.9 Å². The summed E-state index contributed by atoms with van der Waals surface area (Å²) in [5.74, 6) is -1.20. The molecule has 0 aliphatic heterocycles. The second-order valence-electron chi connectivity index (χ2n) is 4.13. The number of nitrogens with one attached hydrogen (secondary N) is 1. The Balaban J connectivity index is 2.21. The van der Waals surface area contributed by atoms with Crippen LogP contribution in [0.25, 0.3) is 0 Å². The number of aromatic carboxylic acids is 1. The Bertz CT molecular complexity index is 671. The Morgan fingerprint density at radius 2 is 2.24 bits per heavy atom. The topological polar surface area (TPSA) is 101 Å². The zero-order valence-corrected chi connectivity index (χ0v) is 12.2. The number of nitrogens with zero attached hydrogens (tertiary/aromatic N) is 2. The van der Waals surface area contributed by atoms with Gasteiger partial charge in [0.2, 0.25) is 0 Å². The summed E-state index contributed by atoms with van der Waals surface area (Å²) in [5, 5.41) is 14.0. The predicted molar refractivity (Wildman–Crippen MR) is 76.7 cm³/mol. The van der Waals surface area contributed by atoms with Gasteiger partial charge in [0.1, 0.15) is 16.4 Å². The fourth-order valence-corrected chi connectivity index (χ4v) is 2.45. The second-order valence-corrected chi connectivity index (χ2v) is 5.02. The van der Waals surface area contributed by atoms with E-state index < -0.39 is 11.9 Å². The summed E-state index contributed by atoms with van der Waals surface area (Å²) in [6.45, 7) is 1.81. The molecule has 0 bridgehead atoms. The number of hydrogen-bond acceptors (Lipinski definition) is 7. The maximum Gasteiger partial charge on any atom is 0.355 e. The summed E-state index contributed by atoms with van der Waals surface area (Å²) in [6.07, 6.45) is 1.55. The number of methoxy groups -OCH3 is 1. The Morgan fingerprint density at radius 3 is 2.86 bits per heavy atom. The standard InChI is InChI=1S/C13H13N3O4S/c1-7(11-16-9(6-21-11)12(17)18)15-10-8(13(19)20-2)4-3-5-14-10/h3-7H,1-2H3,(H,14,15)(H,17,18). The van der Waals surface area contributed by atoms with E-state index in [-0.39, 0.29) is 11.7 Å². The van der Waals surface area contributed by atoms with Gasteiger partial charge in [-0.25, -0.2) is 19.6 Å². The van der Waals surface area contributed by atoms with Gasteiger partial charge in [-0.15, -0.1) is 11.3 Å². The molecule has 0 aliphatic rings. The molecule has 0 aliphatic carbocycles. The minimum absolute atomic E-state index is 0.00198. The number of esters is 1. The molecule has 2 aromatic rings. The molecule has 7 nitrogen and oxygen atoms in total. The minimum Gasteiger partial charge on any atom is -0.476 e. The number of pyridine rings is 1. The first-order valence-electron chi connectivity index (χ1n) is 6.01. The van der Waals surface area contributed by atoms with E-state index in [1.165, 1.54) is 23.8 Å². The number of anilines is 1. The van der Waals surface area contributed by atoms with Crippen molar-refractivity contribution in [3.63, 3.8) is 0 Å². The van der Waals surface area contributed by atoms with Gasteiger partial charge in [-0.3, -0.25) is 0 Å². The minimum atomic E-state index is -1.07. The second kappa shape index (κ2) is 6.31. The Kier molecular flexibility index (Phi) is 4.49. The van der Waals surface area contributed by atoms with Gasteiger partial charge in [0.05, 0.1) is 13.2 Å². The van der Waals surface area contributed by atoms with Crippen LogP contribution >= 0.6 is 11.3 Å². The van der Waals surface area contributed by atoms with Crippen LogP contribution in [0.4, 0.5) is 5.82 Å². The summed E-state index contributed by atoms with van der Waals surface area (Å²) >= 11 is 1.23. The number of thiazole rings is 1. The highest BCUT2D eigenvalue weighted by molar-refractivity contribution is 7.09. The van der Waals surface area contributed by atoms with Crippen LogP contribution in [0.15, 0.2) is 23.7 Å². The fraction of sp³-hybridized carbons (Fsp3) is 0.231. The zero-order valence-electron chi connectivity index (χ0n) is 11.4. The molecule has 1 unspecified atom stereocenters. The molecule has 1 atom stereocenters. The van der Waals surface area contributed by atoms with E-state index in [1.807, 2.05) is 0 Å². The highest BCUT2D eigenvalue weighted by atomic mass is 32.1. The van der Waals surface area contributed by atoms with E-state index >= 15 is 0 Å². The number of carbonyl (C=O) groups excluding carboxylic acids is 1. The van der Waals surface area contributed by atoms with E-state index in [2.05, 4.69) is 15.3 Å². The Hall–Kier alpha value is -2.48. The van der Waals surface area contributed by atoms with Crippen molar-refractivity contribution >= 4 is 29.1 Å². The monoisotopic (exact) mass is 307 g/mol. The van der Waals surface area contributed by atoms with Crippen LogP contribution in [0.5, 0.6) is 0 Å². The van der Waals surface area contributed by atoms with Crippen molar-refractivity contribution in [2.24, 2.45) is 0 Å². The molecule has 0 saturated carbocycles. The van der Waals surface area contributed by atoms with E-state index in [4.69, 9.17) is 9.84 Å². The first kappa shape index (κ1) is 14.9. The lowest BCUT2D eigenvalue weighted by Gasteiger charge is -2.14. The van der Waals surface area contributed by atoms with Crippen LogP contribution in [0.2, 0.25) is 0 Å². The molecule has 0 saturated heterocycles. The number of carbonyl (C=O) groups is 2. The summed E-state index contributed by atoms with van der Waals surface area (Å²) in [4.78, 5) is 30.6. The van der Waals surface area contributed by atoms with E-state index in [0.717, 1.165) is 0 Å². The van der Waals surface area contributed by atoms with Crippen molar-refractivity contribution in [2.75, 3.05) is 12.4 Å². The van der Waals surface area contributed by atoms with Crippen LogP contribution in [0.3, 0.4) is 0 Å². The van der Waals surface area contributed by atoms with Gasteiger partial charge < -0.3 is 15.2 Å². The molecular weight excluding hydrogens is 294 g/mol. The van der Waals surface area contributed by atoms with E-state index in [9.17, 15) is 9.59 Å². The maximum atomic E-state index is 11.7. The lowest BCUT2D eigenvalue weighted by Crippen LogP contribution is -2.13. The molecule has 0 radical (unpaired) electrons. The summed E-state index contributed by atoms with van der Waals surface area (Å²) in [7, 11) is 1.29. The molecule has 2 N–H and O–H groups in total. The Labute approximate surface area is 124 Å². The lowest BCUT2D eigenvalue weighted by molar-refractivity contribution is 0.0600. The molecule has 2 rings (SSSR count). The van der Waals surface area contributed by atoms with Crippen molar-refractivity contribution in [1.82, 2.24) is 9.97 Å². The Morgan fingerprint density at radius 1 is 1.48 bits per heavy atom. The van der Waals surface area contributed by atoms with Crippen LogP contribution in [-0.2, 0) is 4.74 Å². The normalized spacial score (nSPS) is 11.7. The number of carboxylic acid groups (broad SMARTS) is 1. The first-order valence-corrected chi connectivity index (χ1v) is 6.89. The summed E-state index contributed by atoms with van der Waals surface area (Å²) in [5.41, 5.74) is 0.305. The van der Waals surface area contributed by atoms with Gasteiger partial charge in [-0.1, -0.05) is 0 Å². The summed E-state index contributed by atoms with van der Waals surface area (Å²) in [6, 6.07) is 2.94. The maximum absolute atomic E-state index is 11.7. The van der Waals surface area contributed by atoms with Crippen molar-refractivity contribution in [1.29, 1.82) is 0 Å². The van der Waals surface area contributed by atoms with Crippen molar-refractivity contribution in [3.8, 4) is 0 Å². The smallest absolute Gasteiger partial charge is 0.355 e. The van der Waals surface area contributed by atoms with E-state index in [1.54, 1.807) is 25.3 Å². The van der Waals surface area contributed by atoms with Crippen LogP contribution in [-0.4, -0.2) is 34.1 Å². The molecular formula is C13H13N3O4S. The third-order valence-electron chi connectivity index (χ3n) is 2.68. The molecule has 2 heterocycles. The molecule has 0 spiro atoms. The molecule has 110 valence electrons. The SMILES string of the molecule is COC(=O)c1cccnc1NC(C)c1nc(C(=O)O)cs1. The number of rotatable bonds is 5. The molecule has 0 aromatic carbocycles. The zero-order chi connectivity index (χ0) is 15.4. The molecule has 0 fully saturated rings. The van der Waals surface area contributed by atoms with Crippen LogP contribution < -0.4 is 5.32 Å². The summed E-state index contributed by atoms with van der Waals surface area (Å²) < 4.78 is 4.69. The van der Waals surface area contributed by atoms with Gasteiger partial charge in [-0.2, -0.15) is 0 Å². The van der Waals surface area contributed by atoms with Crippen molar-refractivity contribution in [2.45, 2.75) is 13.0 Å². The number of carboxylic acids is 1. The van der Waals surface area contributed by atoms with Gasteiger partial charge in [0.25, 0.3) is 0 Å².